The standard InChI is InChI=1S/C33H38N2O5/c1-32(2,3)23-33(4,5)26-13-17-28(18-14-26)39-22-30(36)35-34-21-25-8-7-9-29(20-25)40-31(37)19-12-24-10-15-27(38-6)16-11-24/h7-21H,22-23H2,1-6H3,(H,35,36). The Morgan fingerprint density at radius 2 is 1.52 bits per heavy atom. The van der Waals surface area contributed by atoms with Gasteiger partial charge in [0, 0.05) is 6.08 Å². The first-order valence-corrected chi connectivity index (χ1v) is 13.1. The molecule has 0 spiro atoms. The number of methoxy groups -OCH3 is 1. The second-order valence-corrected chi connectivity index (χ2v) is 11.3. The van der Waals surface area contributed by atoms with E-state index in [9.17, 15) is 9.59 Å². The number of nitrogens with one attached hydrogen (secondary N) is 1. The molecular weight excluding hydrogens is 504 g/mol. The number of benzene rings is 3. The van der Waals surface area contributed by atoms with Gasteiger partial charge in [0.1, 0.15) is 17.2 Å². The number of ether oxygens (including phenoxy) is 3. The first-order chi connectivity index (χ1) is 18.9. The Bertz CT molecular complexity index is 1330. The molecule has 0 fully saturated rings. The van der Waals surface area contributed by atoms with E-state index in [0.29, 0.717) is 17.1 Å². The van der Waals surface area contributed by atoms with E-state index in [4.69, 9.17) is 14.2 Å². The van der Waals surface area contributed by atoms with Crippen LogP contribution < -0.4 is 19.6 Å². The molecule has 0 aromatic heterocycles. The largest absolute Gasteiger partial charge is 0.497 e. The van der Waals surface area contributed by atoms with E-state index in [0.717, 1.165) is 17.7 Å². The van der Waals surface area contributed by atoms with Gasteiger partial charge in [0.25, 0.3) is 5.91 Å². The number of carbonyl (C=O) groups is 2. The molecule has 0 heterocycles. The fraction of sp³-hybridized carbons (Fsp3) is 0.303. The lowest BCUT2D eigenvalue weighted by Crippen LogP contribution is -2.25. The molecule has 0 saturated heterocycles. The molecule has 0 radical (unpaired) electrons. The molecule has 7 heteroatoms. The second kappa shape index (κ2) is 13.6. The number of carbonyl (C=O) groups excluding carboxylic acids is 2. The van der Waals surface area contributed by atoms with E-state index >= 15 is 0 Å². The number of hydrazone groups is 1. The Morgan fingerprint density at radius 1 is 0.850 bits per heavy atom. The Kier molecular flexibility index (Phi) is 10.3. The molecule has 0 aliphatic heterocycles. The van der Waals surface area contributed by atoms with Crippen molar-refractivity contribution in [1.82, 2.24) is 5.43 Å². The summed E-state index contributed by atoms with van der Waals surface area (Å²) in [5.74, 6) is 0.811. The highest BCUT2D eigenvalue weighted by Crippen LogP contribution is 2.36. The van der Waals surface area contributed by atoms with E-state index in [1.807, 2.05) is 48.5 Å². The molecule has 0 unspecified atom stereocenters. The van der Waals surface area contributed by atoms with Gasteiger partial charge in [-0.25, -0.2) is 10.2 Å². The van der Waals surface area contributed by atoms with E-state index < -0.39 is 5.97 Å². The van der Waals surface area contributed by atoms with Crippen LogP contribution in [0.15, 0.2) is 84.0 Å². The van der Waals surface area contributed by atoms with Gasteiger partial charge in [0.2, 0.25) is 0 Å². The van der Waals surface area contributed by atoms with Crippen molar-refractivity contribution in [3.8, 4) is 17.2 Å². The quantitative estimate of drug-likeness (QED) is 0.0975. The fourth-order valence-corrected chi connectivity index (χ4v) is 4.48. The second-order valence-electron chi connectivity index (χ2n) is 11.3. The van der Waals surface area contributed by atoms with Gasteiger partial charge < -0.3 is 14.2 Å². The lowest BCUT2D eigenvalue weighted by atomic mass is 9.72. The first-order valence-electron chi connectivity index (χ1n) is 13.1. The summed E-state index contributed by atoms with van der Waals surface area (Å²) in [5.41, 5.74) is 5.42. The van der Waals surface area contributed by atoms with Crippen molar-refractivity contribution in [3.05, 3.63) is 95.6 Å². The molecule has 40 heavy (non-hydrogen) atoms. The minimum atomic E-state index is -0.513. The molecule has 0 aliphatic carbocycles. The highest BCUT2D eigenvalue weighted by Gasteiger charge is 2.27. The third kappa shape index (κ3) is 10.1. The maximum atomic E-state index is 12.2. The lowest BCUT2D eigenvalue weighted by Gasteiger charge is -2.33. The zero-order chi connectivity index (χ0) is 29.2. The van der Waals surface area contributed by atoms with Gasteiger partial charge in [-0.3, -0.25) is 4.79 Å². The Hall–Kier alpha value is -4.39. The Morgan fingerprint density at radius 3 is 2.17 bits per heavy atom. The molecule has 1 N–H and O–H groups in total. The van der Waals surface area contributed by atoms with E-state index in [1.54, 1.807) is 37.5 Å². The van der Waals surface area contributed by atoms with Crippen LogP contribution in [0.1, 0.15) is 57.7 Å². The highest BCUT2D eigenvalue weighted by molar-refractivity contribution is 5.89. The SMILES string of the molecule is COc1ccc(C=CC(=O)Oc2cccc(C=NNC(=O)COc3ccc(C(C)(C)CC(C)(C)C)cc3)c2)cc1. The van der Waals surface area contributed by atoms with Crippen LogP contribution in [-0.4, -0.2) is 31.8 Å². The molecule has 0 aliphatic rings. The number of amides is 1. The van der Waals surface area contributed by atoms with Crippen molar-refractivity contribution < 1.29 is 23.8 Å². The van der Waals surface area contributed by atoms with Crippen molar-refractivity contribution in [3.63, 3.8) is 0 Å². The van der Waals surface area contributed by atoms with E-state index in [1.165, 1.54) is 17.9 Å². The van der Waals surface area contributed by atoms with Crippen LogP contribution in [0.2, 0.25) is 0 Å². The molecule has 3 rings (SSSR count). The summed E-state index contributed by atoms with van der Waals surface area (Å²) in [7, 11) is 1.60. The molecule has 210 valence electrons. The number of rotatable bonds is 11. The van der Waals surface area contributed by atoms with E-state index in [2.05, 4.69) is 45.1 Å². The lowest BCUT2D eigenvalue weighted by molar-refractivity contribution is -0.129. The third-order valence-corrected chi connectivity index (χ3v) is 5.99. The van der Waals surface area contributed by atoms with Crippen LogP contribution >= 0.6 is 0 Å². The summed E-state index contributed by atoms with van der Waals surface area (Å²) in [6, 6.07) is 22.0. The topological polar surface area (TPSA) is 86.2 Å². The zero-order valence-electron chi connectivity index (χ0n) is 24.1. The summed E-state index contributed by atoms with van der Waals surface area (Å²) in [5, 5.41) is 3.98. The van der Waals surface area contributed by atoms with Gasteiger partial charge in [-0.05, 0) is 76.4 Å². The number of hydrogen-bond donors (Lipinski definition) is 1. The maximum absolute atomic E-state index is 12.2. The molecule has 3 aromatic carbocycles. The Labute approximate surface area is 236 Å². The minimum Gasteiger partial charge on any atom is -0.497 e. The summed E-state index contributed by atoms with van der Waals surface area (Å²) in [6.07, 6.45) is 5.53. The zero-order valence-corrected chi connectivity index (χ0v) is 24.1. The van der Waals surface area contributed by atoms with Crippen molar-refractivity contribution in [2.45, 2.75) is 46.5 Å². The van der Waals surface area contributed by atoms with Crippen LogP contribution in [0.25, 0.3) is 6.08 Å². The average molecular weight is 543 g/mol. The maximum Gasteiger partial charge on any atom is 0.336 e. The van der Waals surface area contributed by atoms with Crippen molar-refractivity contribution in [2.75, 3.05) is 13.7 Å². The van der Waals surface area contributed by atoms with Gasteiger partial charge >= 0.3 is 5.97 Å². The van der Waals surface area contributed by atoms with Gasteiger partial charge in [0.05, 0.1) is 13.3 Å². The van der Waals surface area contributed by atoms with Crippen LogP contribution in [-0.2, 0) is 15.0 Å². The predicted molar refractivity (Wildman–Crippen MR) is 159 cm³/mol. The summed E-state index contributed by atoms with van der Waals surface area (Å²) < 4.78 is 16.1. The van der Waals surface area contributed by atoms with Gasteiger partial charge in [0.15, 0.2) is 6.61 Å². The molecule has 0 bridgehead atoms. The van der Waals surface area contributed by atoms with Gasteiger partial charge in [-0.15, -0.1) is 0 Å². The van der Waals surface area contributed by atoms with Gasteiger partial charge in [-0.1, -0.05) is 71.0 Å². The summed E-state index contributed by atoms with van der Waals surface area (Å²) >= 11 is 0. The monoisotopic (exact) mass is 542 g/mol. The molecule has 0 saturated carbocycles. The van der Waals surface area contributed by atoms with Crippen molar-refractivity contribution in [1.29, 1.82) is 0 Å². The number of hydrogen-bond acceptors (Lipinski definition) is 6. The van der Waals surface area contributed by atoms with E-state index in [-0.39, 0.29) is 23.3 Å². The molecule has 7 nitrogen and oxygen atoms in total. The van der Waals surface area contributed by atoms with Crippen molar-refractivity contribution >= 4 is 24.2 Å². The molecule has 1 amide bonds. The normalized spacial score (nSPS) is 11.9. The van der Waals surface area contributed by atoms with Crippen LogP contribution in [0.3, 0.4) is 0 Å². The number of esters is 1. The summed E-state index contributed by atoms with van der Waals surface area (Å²) in [4.78, 5) is 24.4. The molecular formula is C33H38N2O5. The average Bonchev–Trinajstić information content (AvgIpc) is 2.90. The molecule has 3 aromatic rings. The van der Waals surface area contributed by atoms with Gasteiger partial charge in [-0.2, -0.15) is 5.10 Å². The number of nitrogens with zero attached hydrogens (tertiary/aromatic N) is 1. The fourth-order valence-electron chi connectivity index (χ4n) is 4.48. The summed E-state index contributed by atoms with van der Waals surface area (Å²) in [6.45, 7) is 11.0. The highest BCUT2D eigenvalue weighted by atomic mass is 16.5. The third-order valence-electron chi connectivity index (χ3n) is 5.99. The Balaban J connectivity index is 1.46. The molecule has 0 atom stereocenters. The van der Waals surface area contributed by atoms with Crippen molar-refractivity contribution in [2.24, 2.45) is 10.5 Å². The van der Waals surface area contributed by atoms with Crippen LogP contribution in [0, 0.1) is 5.41 Å². The van der Waals surface area contributed by atoms with Crippen LogP contribution in [0.4, 0.5) is 0 Å². The van der Waals surface area contributed by atoms with Crippen LogP contribution in [0.5, 0.6) is 17.2 Å². The predicted octanol–water partition coefficient (Wildman–Crippen LogP) is 6.56. The first kappa shape index (κ1) is 30.2. The smallest absolute Gasteiger partial charge is 0.336 e. The minimum absolute atomic E-state index is 0.0342.